The summed E-state index contributed by atoms with van der Waals surface area (Å²) in [5.74, 6) is -0.344. The number of ether oxygens (including phenoxy) is 1. The standard InChI is InChI=1S/C16H27N3O2/c1-16(2,3)21-15(20)14(18)9-10-19(4)11-12-5-7-13(17)8-6-12/h5-8,14H,9-11,17-18H2,1-4H3. The third kappa shape index (κ3) is 7.11. The molecule has 21 heavy (non-hydrogen) atoms. The molecule has 0 radical (unpaired) electrons. The van der Waals surface area contributed by atoms with Crippen LogP contribution in [-0.4, -0.2) is 36.1 Å². The largest absolute Gasteiger partial charge is 0.459 e. The monoisotopic (exact) mass is 293 g/mol. The van der Waals surface area contributed by atoms with Crippen LogP contribution < -0.4 is 11.5 Å². The zero-order chi connectivity index (χ0) is 16.0. The molecule has 0 aromatic heterocycles. The van der Waals surface area contributed by atoms with Crippen LogP contribution in [0.2, 0.25) is 0 Å². The molecule has 0 aliphatic heterocycles. The molecule has 0 bridgehead atoms. The Bertz CT molecular complexity index is 452. The maximum atomic E-state index is 11.8. The first-order valence-electron chi connectivity index (χ1n) is 7.19. The first-order valence-corrected chi connectivity index (χ1v) is 7.19. The highest BCUT2D eigenvalue weighted by Crippen LogP contribution is 2.10. The van der Waals surface area contributed by atoms with Crippen LogP contribution in [-0.2, 0) is 16.1 Å². The van der Waals surface area contributed by atoms with Crippen molar-refractivity contribution in [3.05, 3.63) is 29.8 Å². The smallest absolute Gasteiger partial charge is 0.323 e. The van der Waals surface area contributed by atoms with E-state index in [1.807, 2.05) is 52.1 Å². The maximum Gasteiger partial charge on any atom is 0.323 e. The number of nitrogen functional groups attached to an aromatic ring is 1. The van der Waals surface area contributed by atoms with E-state index in [1.165, 1.54) is 5.56 Å². The van der Waals surface area contributed by atoms with E-state index in [4.69, 9.17) is 16.2 Å². The second-order valence-electron chi connectivity index (χ2n) is 6.41. The van der Waals surface area contributed by atoms with Crippen molar-refractivity contribution in [2.75, 3.05) is 19.3 Å². The van der Waals surface area contributed by atoms with Crippen LogP contribution in [0.3, 0.4) is 0 Å². The molecular weight excluding hydrogens is 266 g/mol. The topological polar surface area (TPSA) is 81.6 Å². The van der Waals surface area contributed by atoms with Crippen LogP contribution in [0.5, 0.6) is 0 Å². The molecule has 0 aliphatic rings. The van der Waals surface area contributed by atoms with Gasteiger partial charge in [-0.1, -0.05) is 12.1 Å². The number of nitrogens with zero attached hydrogens (tertiary/aromatic N) is 1. The summed E-state index contributed by atoms with van der Waals surface area (Å²) >= 11 is 0. The number of carbonyl (C=O) groups excluding carboxylic acids is 1. The number of benzene rings is 1. The third-order valence-corrected chi connectivity index (χ3v) is 2.96. The highest BCUT2D eigenvalue weighted by atomic mass is 16.6. The fourth-order valence-electron chi connectivity index (χ4n) is 1.87. The Hall–Kier alpha value is -1.59. The van der Waals surface area contributed by atoms with Crippen molar-refractivity contribution < 1.29 is 9.53 Å². The van der Waals surface area contributed by atoms with Gasteiger partial charge in [-0.05, 0) is 51.9 Å². The van der Waals surface area contributed by atoms with E-state index in [0.717, 1.165) is 18.8 Å². The molecule has 0 fully saturated rings. The van der Waals surface area contributed by atoms with E-state index < -0.39 is 11.6 Å². The molecule has 0 saturated carbocycles. The summed E-state index contributed by atoms with van der Waals surface area (Å²) in [7, 11) is 2.00. The number of anilines is 1. The molecule has 0 aliphatic carbocycles. The summed E-state index contributed by atoms with van der Waals surface area (Å²) in [4.78, 5) is 13.9. The van der Waals surface area contributed by atoms with Gasteiger partial charge < -0.3 is 21.1 Å². The predicted molar refractivity (Wildman–Crippen MR) is 85.6 cm³/mol. The third-order valence-electron chi connectivity index (χ3n) is 2.96. The summed E-state index contributed by atoms with van der Waals surface area (Å²) < 4.78 is 5.27. The quantitative estimate of drug-likeness (QED) is 0.617. The Kier molecular flexibility index (Phi) is 6.18. The average molecular weight is 293 g/mol. The molecule has 0 heterocycles. The van der Waals surface area contributed by atoms with Crippen LogP contribution in [0.25, 0.3) is 0 Å². The van der Waals surface area contributed by atoms with Crippen LogP contribution in [0, 0.1) is 0 Å². The second-order valence-corrected chi connectivity index (χ2v) is 6.41. The van der Waals surface area contributed by atoms with Gasteiger partial charge in [-0.2, -0.15) is 0 Å². The van der Waals surface area contributed by atoms with Gasteiger partial charge in [0.15, 0.2) is 0 Å². The summed E-state index contributed by atoms with van der Waals surface area (Å²) in [6, 6.07) is 7.18. The molecule has 4 N–H and O–H groups in total. The van der Waals surface area contributed by atoms with Crippen LogP contribution in [0.15, 0.2) is 24.3 Å². The van der Waals surface area contributed by atoms with Crippen molar-refractivity contribution in [3.8, 4) is 0 Å². The SMILES string of the molecule is CN(CCC(N)C(=O)OC(C)(C)C)Cc1ccc(N)cc1. The van der Waals surface area contributed by atoms with Crippen LogP contribution in [0.4, 0.5) is 5.69 Å². The van der Waals surface area contributed by atoms with Gasteiger partial charge in [0.1, 0.15) is 11.6 Å². The van der Waals surface area contributed by atoms with E-state index in [0.29, 0.717) is 6.42 Å². The van der Waals surface area contributed by atoms with E-state index in [2.05, 4.69) is 4.90 Å². The number of hydrogen-bond acceptors (Lipinski definition) is 5. The molecule has 1 aromatic carbocycles. The van der Waals surface area contributed by atoms with E-state index in [9.17, 15) is 4.79 Å². The van der Waals surface area contributed by atoms with E-state index in [1.54, 1.807) is 0 Å². The van der Waals surface area contributed by atoms with Crippen molar-refractivity contribution in [3.63, 3.8) is 0 Å². The summed E-state index contributed by atoms with van der Waals surface area (Å²) in [6.07, 6.45) is 0.570. The Morgan fingerprint density at radius 2 is 1.86 bits per heavy atom. The van der Waals surface area contributed by atoms with Crippen LogP contribution >= 0.6 is 0 Å². The Labute approximate surface area is 127 Å². The molecule has 0 saturated heterocycles. The molecule has 118 valence electrons. The van der Waals surface area contributed by atoms with Gasteiger partial charge in [-0.25, -0.2) is 0 Å². The number of carbonyl (C=O) groups is 1. The van der Waals surface area contributed by atoms with Crippen molar-refractivity contribution in [2.45, 2.75) is 45.4 Å². The van der Waals surface area contributed by atoms with Gasteiger partial charge in [0, 0.05) is 18.8 Å². The lowest BCUT2D eigenvalue weighted by Gasteiger charge is -2.23. The van der Waals surface area contributed by atoms with Gasteiger partial charge in [-0.3, -0.25) is 4.79 Å². The molecule has 1 aromatic rings. The van der Waals surface area contributed by atoms with Crippen molar-refractivity contribution in [2.24, 2.45) is 5.73 Å². The highest BCUT2D eigenvalue weighted by molar-refractivity contribution is 5.75. The lowest BCUT2D eigenvalue weighted by molar-refractivity contribution is -0.156. The van der Waals surface area contributed by atoms with E-state index >= 15 is 0 Å². The zero-order valence-electron chi connectivity index (χ0n) is 13.4. The Balaban J connectivity index is 2.36. The second kappa shape index (κ2) is 7.43. The zero-order valence-corrected chi connectivity index (χ0v) is 13.4. The van der Waals surface area contributed by atoms with Gasteiger partial charge in [0.25, 0.3) is 0 Å². The molecule has 0 amide bonds. The van der Waals surface area contributed by atoms with Crippen molar-refractivity contribution in [1.29, 1.82) is 0 Å². The minimum Gasteiger partial charge on any atom is -0.459 e. The van der Waals surface area contributed by atoms with Gasteiger partial charge in [0.05, 0.1) is 0 Å². The lowest BCUT2D eigenvalue weighted by atomic mass is 10.1. The normalized spacial score (nSPS) is 13.2. The fraction of sp³-hybridized carbons (Fsp3) is 0.562. The number of nitrogens with two attached hydrogens (primary N) is 2. The van der Waals surface area contributed by atoms with Gasteiger partial charge in [0.2, 0.25) is 0 Å². The summed E-state index contributed by atoms with van der Waals surface area (Å²) in [6.45, 7) is 7.03. The number of esters is 1. The maximum absolute atomic E-state index is 11.8. The first kappa shape index (κ1) is 17.5. The molecule has 0 spiro atoms. The Morgan fingerprint density at radius 3 is 2.38 bits per heavy atom. The number of hydrogen-bond donors (Lipinski definition) is 2. The predicted octanol–water partition coefficient (Wildman–Crippen LogP) is 1.76. The Morgan fingerprint density at radius 1 is 1.29 bits per heavy atom. The molecule has 1 unspecified atom stereocenters. The number of rotatable bonds is 6. The minimum absolute atomic E-state index is 0.344. The summed E-state index contributed by atoms with van der Waals surface area (Å²) in [5.41, 5.74) is 13.0. The van der Waals surface area contributed by atoms with Gasteiger partial charge >= 0.3 is 5.97 Å². The summed E-state index contributed by atoms with van der Waals surface area (Å²) in [5, 5.41) is 0. The molecule has 5 heteroatoms. The van der Waals surface area contributed by atoms with E-state index in [-0.39, 0.29) is 5.97 Å². The van der Waals surface area contributed by atoms with Crippen molar-refractivity contribution >= 4 is 11.7 Å². The van der Waals surface area contributed by atoms with Crippen LogP contribution in [0.1, 0.15) is 32.8 Å². The minimum atomic E-state index is -0.585. The van der Waals surface area contributed by atoms with Gasteiger partial charge in [-0.15, -0.1) is 0 Å². The molecule has 1 rings (SSSR count). The van der Waals surface area contributed by atoms with Crippen molar-refractivity contribution in [1.82, 2.24) is 4.90 Å². The average Bonchev–Trinajstić information content (AvgIpc) is 2.36. The highest BCUT2D eigenvalue weighted by Gasteiger charge is 2.22. The lowest BCUT2D eigenvalue weighted by Crippen LogP contribution is -2.39. The molecule has 1 atom stereocenters. The fourth-order valence-corrected chi connectivity index (χ4v) is 1.87. The molecule has 5 nitrogen and oxygen atoms in total. The first-order chi connectivity index (χ1) is 9.67. The molecular formula is C16H27N3O2.